The van der Waals surface area contributed by atoms with E-state index in [1.165, 1.54) is 38.5 Å². The molecule has 1 saturated heterocycles. The van der Waals surface area contributed by atoms with Crippen molar-refractivity contribution in [3.8, 4) is 0 Å². The lowest BCUT2D eigenvalue weighted by atomic mass is 9.49. The predicted molar refractivity (Wildman–Crippen MR) is 88.6 cm³/mol. The maximum Gasteiger partial charge on any atom is 0.223 e. The molecule has 23 heavy (non-hydrogen) atoms. The standard InChI is InChI=1S/C19H30N2O2/c1-13(22)20-17-2-4-21(5-3-17)18(23)12-19-9-14-6-15(10-19)8-16(7-14)11-19/h14-17H,2-12H2,1H3,(H,20,22). The van der Waals surface area contributed by atoms with E-state index < -0.39 is 0 Å². The summed E-state index contributed by atoms with van der Waals surface area (Å²) >= 11 is 0. The van der Waals surface area contributed by atoms with Gasteiger partial charge < -0.3 is 10.2 Å². The fourth-order valence-corrected chi connectivity index (χ4v) is 6.50. The Bertz CT molecular complexity index is 458. The smallest absolute Gasteiger partial charge is 0.223 e. The van der Waals surface area contributed by atoms with Gasteiger partial charge in [0.15, 0.2) is 0 Å². The van der Waals surface area contributed by atoms with Crippen molar-refractivity contribution in [2.75, 3.05) is 13.1 Å². The van der Waals surface area contributed by atoms with Gasteiger partial charge >= 0.3 is 0 Å². The quantitative estimate of drug-likeness (QED) is 0.870. The first kappa shape index (κ1) is 15.5. The van der Waals surface area contributed by atoms with Gasteiger partial charge in [0.2, 0.25) is 11.8 Å². The van der Waals surface area contributed by atoms with Crippen LogP contribution in [0.15, 0.2) is 0 Å². The van der Waals surface area contributed by atoms with Crippen LogP contribution in [0.1, 0.15) is 64.7 Å². The molecule has 5 rings (SSSR count). The number of hydrogen-bond acceptors (Lipinski definition) is 2. The van der Waals surface area contributed by atoms with Gasteiger partial charge in [-0.2, -0.15) is 0 Å². The van der Waals surface area contributed by atoms with Gasteiger partial charge in [0.25, 0.3) is 0 Å². The van der Waals surface area contributed by atoms with Crippen LogP contribution >= 0.6 is 0 Å². The molecule has 1 aliphatic heterocycles. The maximum absolute atomic E-state index is 12.9. The number of piperidine rings is 1. The summed E-state index contributed by atoms with van der Waals surface area (Å²) in [5, 5.41) is 2.99. The molecule has 1 heterocycles. The minimum atomic E-state index is 0.0448. The lowest BCUT2D eigenvalue weighted by Crippen LogP contribution is -2.50. The molecule has 0 atom stereocenters. The molecule has 4 aliphatic carbocycles. The highest BCUT2D eigenvalue weighted by molar-refractivity contribution is 5.77. The first-order valence-corrected chi connectivity index (χ1v) is 9.56. The minimum absolute atomic E-state index is 0.0448. The molecule has 2 amide bonds. The van der Waals surface area contributed by atoms with E-state index >= 15 is 0 Å². The van der Waals surface area contributed by atoms with Crippen LogP contribution in [0.2, 0.25) is 0 Å². The van der Waals surface area contributed by atoms with Crippen LogP contribution in [0.4, 0.5) is 0 Å². The highest BCUT2D eigenvalue weighted by Crippen LogP contribution is 2.61. The maximum atomic E-state index is 12.9. The fraction of sp³-hybridized carbons (Fsp3) is 0.895. The number of hydrogen-bond donors (Lipinski definition) is 1. The molecule has 0 aromatic heterocycles. The summed E-state index contributed by atoms with van der Waals surface area (Å²) in [5.74, 6) is 3.18. The Labute approximate surface area is 139 Å². The van der Waals surface area contributed by atoms with E-state index in [2.05, 4.69) is 10.2 Å². The Hall–Kier alpha value is -1.06. The van der Waals surface area contributed by atoms with Gasteiger partial charge in [-0.15, -0.1) is 0 Å². The van der Waals surface area contributed by atoms with Crippen LogP contribution in [0.3, 0.4) is 0 Å². The molecule has 4 nitrogen and oxygen atoms in total. The van der Waals surface area contributed by atoms with Crippen molar-refractivity contribution in [1.29, 1.82) is 0 Å². The second kappa shape index (κ2) is 5.78. The molecule has 5 aliphatic rings. The molecule has 0 spiro atoms. The number of carbonyl (C=O) groups is 2. The van der Waals surface area contributed by atoms with E-state index in [9.17, 15) is 9.59 Å². The van der Waals surface area contributed by atoms with Gasteiger partial charge in [-0.05, 0) is 74.5 Å². The Balaban J connectivity index is 1.33. The van der Waals surface area contributed by atoms with Crippen LogP contribution in [0, 0.1) is 23.2 Å². The molecule has 4 heteroatoms. The van der Waals surface area contributed by atoms with Gasteiger partial charge in [-0.3, -0.25) is 9.59 Å². The van der Waals surface area contributed by atoms with Crippen LogP contribution in [-0.4, -0.2) is 35.8 Å². The Morgan fingerprint density at radius 2 is 1.52 bits per heavy atom. The lowest BCUT2D eigenvalue weighted by Gasteiger charge is -2.57. The van der Waals surface area contributed by atoms with Crippen LogP contribution in [0.5, 0.6) is 0 Å². The van der Waals surface area contributed by atoms with Crippen LogP contribution in [-0.2, 0) is 9.59 Å². The summed E-state index contributed by atoms with van der Waals surface area (Å²) in [4.78, 5) is 26.1. The van der Waals surface area contributed by atoms with Crippen molar-refractivity contribution in [3.05, 3.63) is 0 Å². The minimum Gasteiger partial charge on any atom is -0.353 e. The number of nitrogens with one attached hydrogen (secondary N) is 1. The van der Waals surface area contributed by atoms with E-state index in [-0.39, 0.29) is 11.9 Å². The average molecular weight is 318 g/mol. The molecule has 128 valence electrons. The second-order valence-corrected chi connectivity index (χ2v) is 8.95. The van der Waals surface area contributed by atoms with Crippen LogP contribution in [0.25, 0.3) is 0 Å². The van der Waals surface area contributed by atoms with Gasteiger partial charge in [0.1, 0.15) is 0 Å². The van der Waals surface area contributed by atoms with Crippen molar-refractivity contribution < 1.29 is 9.59 Å². The average Bonchev–Trinajstić information content (AvgIpc) is 2.45. The summed E-state index contributed by atoms with van der Waals surface area (Å²) in [5.41, 5.74) is 0.348. The normalized spacial score (nSPS) is 39.5. The second-order valence-electron chi connectivity index (χ2n) is 8.95. The van der Waals surface area contributed by atoms with Gasteiger partial charge in [-0.25, -0.2) is 0 Å². The van der Waals surface area contributed by atoms with Gasteiger partial charge in [0, 0.05) is 32.5 Å². The molecule has 4 bridgehead atoms. The van der Waals surface area contributed by atoms with Crippen molar-refractivity contribution in [2.45, 2.75) is 70.8 Å². The first-order chi connectivity index (χ1) is 11.0. The first-order valence-electron chi connectivity index (χ1n) is 9.56. The molecule has 5 fully saturated rings. The zero-order valence-corrected chi connectivity index (χ0v) is 14.4. The Morgan fingerprint density at radius 1 is 1.00 bits per heavy atom. The van der Waals surface area contributed by atoms with E-state index in [0.29, 0.717) is 11.3 Å². The predicted octanol–water partition coefficient (Wildman–Crippen LogP) is 2.72. The zero-order chi connectivity index (χ0) is 16.0. The fourth-order valence-electron chi connectivity index (χ4n) is 6.50. The molecule has 4 saturated carbocycles. The van der Waals surface area contributed by atoms with Gasteiger partial charge in [-0.1, -0.05) is 0 Å². The number of amides is 2. The molecular formula is C19H30N2O2. The largest absolute Gasteiger partial charge is 0.353 e. The topological polar surface area (TPSA) is 49.4 Å². The summed E-state index contributed by atoms with van der Waals surface area (Å²) in [6.07, 6.45) is 10.9. The summed E-state index contributed by atoms with van der Waals surface area (Å²) < 4.78 is 0. The van der Waals surface area contributed by atoms with E-state index in [1.54, 1.807) is 6.92 Å². The highest BCUT2D eigenvalue weighted by Gasteiger charge is 2.51. The molecule has 0 aromatic rings. The number of nitrogens with zero attached hydrogens (tertiary/aromatic N) is 1. The summed E-state index contributed by atoms with van der Waals surface area (Å²) in [6.45, 7) is 3.21. The monoisotopic (exact) mass is 318 g/mol. The molecule has 1 N–H and O–H groups in total. The Morgan fingerprint density at radius 3 is 2.00 bits per heavy atom. The molecule has 0 aromatic carbocycles. The summed E-state index contributed by atoms with van der Waals surface area (Å²) in [7, 11) is 0. The van der Waals surface area contributed by atoms with E-state index in [0.717, 1.165) is 50.1 Å². The molecule has 0 radical (unpaired) electrons. The molecule has 0 unspecified atom stereocenters. The Kier molecular flexibility index (Phi) is 3.89. The van der Waals surface area contributed by atoms with Crippen molar-refractivity contribution in [3.63, 3.8) is 0 Å². The van der Waals surface area contributed by atoms with Crippen molar-refractivity contribution in [1.82, 2.24) is 10.2 Å². The van der Waals surface area contributed by atoms with Crippen molar-refractivity contribution in [2.24, 2.45) is 23.2 Å². The zero-order valence-electron chi connectivity index (χ0n) is 14.4. The van der Waals surface area contributed by atoms with Crippen molar-refractivity contribution >= 4 is 11.8 Å². The summed E-state index contributed by atoms with van der Waals surface area (Å²) in [6, 6.07) is 0.260. The number of rotatable bonds is 3. The van der Waals surface area contributed by atoms with Crippen LogP contribution < -0.4 is 5.32 Å². The third-order valence-corrected chi connectivity index (χ3v) is 6.95. The highest BCUT2D eigenvalue weighted by atomic mass is 16.2. The van der Waals surface area contributed by atoms with E-state index in [4.69, 9.17) is 0 Å². The third kappa shape index (κ3) is 3.14. The SMILES string of the molecule is CC(=O)NC1CCN(C(=O)CC23CC4CC(CC(C4)C2)C3)CC1. The van der Waals surface area contributed by atoms with E-state index in [1.807, 2.05) is 0 Å². The van der Waals surface area contributed by atoms with Gasteiger partial charge in [0.05, 0.1) is 0 Å². The number of carbonyl (C=O) groups excluding carboxylic acids is 2. The lowest BCUT2D eigenvalue weighted by molar-refractivity contribution is -0.140. The number of likely N-dealkylation sites (tertiary alicyclic amines) is 1. The molecular weight excluding hydrogens is 288 g/mol. The third-order valence-electron chi connectivity index (χ3n) is 6.95.